The third-order valence-electron chi connectivity index (χ3n) is 6.88. The van der Waals surface area contributed by atoms with E-state index in [1.807, 2.05) is 24.3 Å². The minimum atomic E-state index is 0.819. The predicted octanol–water partition coefficient (Wildman–Crippen LogP) is 8.09. The topological polar surface area (TPSA) is 24.9 Å². The van der Waals surface area contributed by atoms with Crippen molar-refractivity contribution in [1.29, 1.82) is 0 Å². The molecule has 1 heterocycles. The van der Waals surface area contributed by atoms with E-state index in [0.717, 1.165) is 57.1 Å². The van der Waals surface area contributed by atoms with Crippen molar-refractivity contribution in [3.05, 3.63) is 162 Å². The number of nitrogens with zero attached hydrogens (tertiary/aromatic N) is 2. The zero-order valence-electron chi connectivity index (χ0n) is 22.0. The lowest BCUT2D eigenvalue weighted by Crippen LogP contribution is -2.33. The van der Waals surface area contributed by atoms with Crippen molar-refractivity contribution in [1.82, 2.24) is 0 Å². The van der Waals surface area contributed by atoms with Crippen molar-refractivity contribution < 1.29 is 9.47 Å². The van der Waals surface area contributed by atoms with Crippen LogP contribution in [-0.4, -0.2) is 14.2 Å². The van der Waals surface area contributed by atoms with Gasteiger partial charge in [0.2, 0.25) is 0 Å². The Balaban J connectivity index is 1.68. The molecule has 5 aromatic rings. The van der Waals surface area contributed by atoms with Gasteiger partial charge in [0, 0.05) is 28.1 Å². The van der Waals surface area contributed by atoms with Crippen molar-refractivity contribution in [2.24, 2.45) is 0 Å². The van der Waals surface area contributed by atoms with Gasteiger partial charge in [-0.3, -0.25) is 0 Å². The van der Waals surface area contributed by atoms with E-state index in [0.29, 0.717) is 0 Å². The van der Waals surface area contributed by atoms with Gasteiger partial charge < -0.3 is 19.3 Å². The smallest absolute Gasteiger partial charge is 0.196 e. The van der Waals surface area contributed by atoms with Crippen molar-refractivity contribution >= 4 is 22.8 Å². The summed E-state index contributed by atoms with van der Waals surface area (Å²) in [5.41, 5.74) is 7.62. The first kappa shape index (κ1) is 24.4. The van der Waals surface area contributed by atoms with E-state index in [4.69, 9.17) is 9.47 Å². The molecule has 0 amide bonds. The van der Waals surface area contributed by atoms with Crippen LogP contribution in [0.5, 0.6) is 11.5 Å². The summed E-state index contributed by atoms with van der Waals surface area (Å²) < 4.78 is 11.0. The molecule has 0 unspecified atom stereocenters. The molecule has 191 valence electrons. The van der Waals surface area contributed by atoms with Gasteiger partial charge in [0.05, 0.1) is 25.6 Å². The Morgan fingerprint density at radius 3 is 1.05 bits per heavy atom. The van der Waals surface area contributed by atoms with E-state index < -0.39 is 0 Å². The van der Waals surface area contributed by atoms with E-state index in [-0.39, 0.29) is 0 Å². The predicted molar refractivity (Wildman–Crippen MR) is 159 cm³/mol. The molecule has 6 rings (SSSR count). The first-order valence-electron chi connectivity index (χ1n) is 12.9. The highest BCUT2D eigenvalue weighted by Gasteiger charge is 2.43. The summed E-state index contributed by atoms with van der Waals surface area (Å²) in [4.78, 5) is 4.72. The van der Waals surface area contributed by atoms with E-state index in [1.165, 1.54) is 0 Å². The molecule has 0 atom stereocenters. The molecule has 0 spiro atoms. The average Bonchev–Trinajstić information content (AvgIpc) is 3.38. The Kier molecular flexibility index (Phi) is 6.75. The summed E-state index contributed by atoms with van der Waals surface area (Å²) in [5.74, 6) is 1.64. The molecule has 4 nitrogen and oxygen atoms in total. The maximum absolute atomic E-state index is 5.50. The zero-order chi connectivity index (χ0) is 26.6. The maximum Gasteiger partial charge on any atom is 0.196 e. The molecule has 0 fully saturated rings. The first-order chi connectivity index (χ1) is 19.3. The van der Waals surface area contributed by atoms with Crippen LogP contribution < -0.4 is 19.3 Å². The summed E-state index contributed by atoms with van der Waals surface area (Å²) in [6.45, 7) is 0. The molecule has 0 saturated heterocycles. The molecular formula is C35H29N2O2. The second kappa shape index (κ2) is 10.8. The number of benzene rings is 5. The lowest BCUT2D eigenvalue weighted by atomic mass is 10.0. The Hall–Kier alpha value is -4.96. The highest BCUT2D eigenvalue weighted by atomic mass is 16.5. The standard InChI is InChI=1S/C35H29N2O2/c1-38-31-22-18-29(19-23-31)36-33(26-12-6-3-7-13-26)34(27-14-8-4-9-15-27)37(30-20-24-32(39-2)25-21-30)35(36)28-16-10-5-11-17-28/h3-25H,1-2H3. The lowest BCUT2D eigenvalue weighted by molar-refractivity contribution is 0.415. The Morgan fingerprint density at radius 2 is 0.718 bits per heavy atom. The molecule has 1 aliphatic rings. The number of ether oxygens (including phenoxy) is 2. The molecule has 1 aliphatic heterocycles. The summed E-state index contributed by atoms with van der Waals surface area (Å²) in [6, 6.07) is 48.3. The van der Waals surface area contributed by atoms with Gasteiger partial charge in [-0.1, -0.05) is 91.0 Å². The largest absolute Gasteiger partial charge is 0.497 e. The van der Waals surface area contributed by atoms with Crippen LogP contribution in [0.2, 0.25) is 0 Å². The molecule has 39 heavy (non-hydrogen) atoms. The molecule has 0 bridgehead atoms. The van der Waals surface area contributed by atoms with Crippen LogP contribution in [0.3, 0.4) is 0 Å². The van der Waals surface area contributed by atoms with Gasteiger partial charge in [0.1, 0.15) is 11.5 Å². The second-order valence-electron chi connectivity index (χ2n) is 9.19. The van der Waals surface area contributed by atoms with Crippen LogP contribution in [0.1, 0.15) is 16.7 Å². The highest BCUT2D eigenvalue weighted by molar-refractivity contribution is 6.10. The number of rotatable bonds is 7. The molecule has 0 aromatic heterocycles. The number of anilines is 2. The van der Waals surface area contributed by atoms with Crippen LogP contribution in [0.4, 0.5) is 11.4 Å². The normalized spacial score (nSPS) is 13.6. The molecule has 0 N–H and O–H groups in total. The van der Waals surface area contributed by atoms with E-state index in [1.54, 1.807) is 14.2 Å². The lowest BCUT2D eigenvalue weighted by Gasteiger charge is -2.34. The van der Waals surface area contributed by atoms with Crippen molar-refractivity contribution in [2.45, 2.75) is 0 Å². The van der Waals surface area contributed by atoms with E-state index in [2.05, 4.69) is 125 Å². The fraction of sp³-hybridized carbons (Fsp3) is 0.0571. The van der Waals surface area contributed by atoms with Crippen LogP contribution in [0.15, 0.2) is 140 Å². The SMILES string of the molecule is COc1ccc(N2[C](c3ccccc3)N(c3ccc(OC)cc3)C(c3ccccc3)=C2c2ccccc2)cc1. The zero-order valence-corrected chi connectivity index (χ0v) is 22.0. The fourth-order valence-electron chi connectivity index (χ4n) is 5.06. The summed E-state index contributed by atoms with van der Waals surface area (Å²) >= 11 is 0. The van der Waals surface area contributed by atoms with Crippen molar-refractivity contribution in [2.75, 3.05) is 24.0 Å². The van der Waals surface area contributed by atoms with Crippen molar-refractivity contribution in [3.63, 3.8) is 0 Å². The third kappa shape index (κ3) is 4.62. The Labute approximate surface area is 230 Å². The monoisotopic (exact) mass is 509 g/mol. The van der Waals surface area contributed by atoms with Gasteiger partial charge in [-0.25, -0.2) is 0 Å². The van der Waals surface area contributed by atoms with Gasteiger partial charge >= 0.3 is 0 Å². The third-order valence-corrected chi connectivity index (χ3v) is 6.88. The summed E-state index contributed by atoms with van der Waals surface area (Å²) in [5, 5.41) is 0. The fourth-order valence-corrected chi connectivity index (χ4v) is 5.06. The van der Waals surface area contributed by atoms with Crippen LogP contribution in [-0.2, 0) is 0 Å². The van der Waals surface area contributed by atoms with Gasteiger partial charge in [0.25, 0.3) is 0 Å². The van der Waals surface area contributed by atoms with Gasteiger partial charge in [-0.2, -0.15) is 0 Å². The highest BCUT2D eigenvalue weighted by Crippen LogP contribution is 2.51. The second-order valence-corrected chi connectivity index (χ2v) is 9.19. The first-order valence-corrected chi connectivity index (χ1v) is 12.9. The van der Waals surface area contributed by atoms with Crippen LogP contribution in [0, 0.1) is 6.17 Å². The van der Waals surface area contributed by atoms with E-state index >= 15 is 0 Å². The molecule has 4 heteroatoms. The van der Waals surface area contributed by atoms with Crippen LogP contribution in [0.25, 0.3) is 11.4 Å². The number of methoxy groups -OCH3 is 2. The Bertz CT molecular complexity index is 1450. The average molecular weight is 510 g/mol. The van der Waals surface area contributed by atoms with Crippen molar-refractivity contribution in [3.8, 4) is 11.5 Å². The minimum Gasteiger partial charge on any atom is -0.497 e. The van der Waals surface area contributed by atoms with E-state index in [9.17, 15) is 0 Å². The molecule has 0 saturated carbocycles. The molecule has 1 radical (unpaired) electrons. The van der Waals surface area contributed by atoms with Gasteiger partial charge in [-0.15, -0.1) is 0 Å². The molecule has 0 aliphatic carbocycles. The number of hydrogen-bond donors (Lipinski definition) is 0. The van der Waals surface area contributed by atoms with Gasteiger partial charge in [-0.05, 0) is 48.5 Å². The minimum absolute atomic E-state index is 0.819. The summed E-state index contributed by atoms with van der Waals surface area (Å²) in [6.07, 6.45) is 1.05. The number of hydrogen-bond acceptors (Lipinski definition) is 4. The summed E-state index contributed by atoms with van der Waals surface area (Å²) in [7, 11) is 3.39. The molecular weight excluding hydrogens is 480 g/mol. The maximum atomic E-state index is 5.50. The molecule has 5 aromatic carbocycles. The Morgan fingerprint density at radius 1 is 0.385 bits per heavy atom. The van der Waals surface area contributed by atoms with Crippen LogP contribution >= 0.6 is 0 Å². The quantitative estimate of drug-likeness (QED) is 0.221. The van der Waals surface area contributed by atoms with Gasteiger partial charge in [0.15, 0.2) is 6.17 Å².